The summed E-state index contributed by atoms with van der Waals surface area (Å²) in [5, 5.41) is 15.7. The number of benzene rings is 1. The number of hydrogen-bond donors (Lipinski definition) is 2. The number of anilines is 1. The molecule has 33 heavy (non-hydrogen) atoms. The van der Waals surface area contributed by atoms with Crippen LogP contribution >= 0.6 is 0 Å². The highest BCUT2D eigenvalue weighted by Gasteiger charge is 2.43. The molecular weight excluding hydrogens is 421 g/mol. The molecule has 0 spiro atoms. The van der Waals surface area contributed by atoms with Crippen molar-refractivity contribution in [1.82, 2.24) is 15.5 Å². The average Bonchev–Trinajstić information content (AvgIpc) is 3.43. The van der Waals surface area contributed by atoms with Crippen LogP contribution < -0.4 is 15.5 Å². The molecule has 1 amide bonds. The highest BCUT2D eigenvalue weighted by atomic mass is 19.1. The van der Waals surface area contributed by atoms with Gasteiger partial charge in [0.1, 0.15) is 11.9 Å². The van der Waals surface area contributed by atoms with Crippen molar-refractivity contribution in [3.05, 3.63) is 29.6 Å². The van der Waals surface area contributed by atoms with Crippen molar-refractivity contribution in [2.45, 2.75) is 69.7 Å². The Morgan fingerprint density at radius 2 is 2.09 bits per heavy atom. The lowest BCUT2D eigenvalue weighted by Gasteiger charge is -2.45. The number of piperidine rings is 1. The Kier molecular flexibility index (Phi) is 7.52. The molecule has 2 N–H and O–H groups in total. The number of nitrogens with one attached hydrogen (secondary N) is 2. The first kappa shape index (κ1) is 23.9. The number of nitrogens with zero attached hydrogens (tertiary/aromatic N) is 3. The molecular formula is C25H36FN5O2. The monoisotopic (exact) mass is 457 g/mol. The van der Waals surface area contributed by atoms with Crippen molar-refractivity contribution in [3.8, 4) is 6.07 Å². The third-order valence-electron chi connectivity index (χ3n) is 7.60. The van der Waals surface area contributed by atoms with E-state index in [-0.39, 0.29) is 24.2 Å². The second kappa shape index (κ2) is 10.4. The molecule has 3 aliphatic rings. The Labute approximate surface area is 196 Å². The van der Waals surface area contributed by atoms with Crippen LogP contribution in [0, 0.1) is 23.1 Å². The number of piperazine rings is 1. The van der Waals surface area contributed by atoms with Crippen LogP contribution in [0.25, 0.3) is 0 Å². The Bertz CT molecular complexity index is 878. The fraction of sp³-hybridized carbons (Fsp3) is 0.680. The SMILES string of the molecule is COCCN1C(C)CN(c2ccc(CC(C#N)NC(=O)C3NC4CCC3C4)c(F)c2)CC1C. The van der Waals surface area contributed by atoms with Gasteiger partial charge in [-0.25, -0.2) is 4.39 Å². The summed E-state index contributed by atoms with van der Waals surface area (Å²) in [5.74, 6) is -0.118. The maximum Gasteiger partial charge on any atom is 0.238 e. The van der Waals surface area contributed by atoms with Gasteiger partial charge in [-0.2, -0.15) is 5.26 Å². The fourth-order valence-corrected chi connectivity index (χ4v) is 5.86. The van der Waals surface area contributed by atoms with Gasteiger partial charge < -0.3 is 20.3 Å². The van der Waals surface area contributed by atoms with E-state index in [4.69, 9.17) is 4.74 Å². The average molecular weight is 458 g/mol. The van der Waals surface area contributed by atoms with Gasteiger partial charge in [-0.05, 0) is 56.7 Å². The maximum atomic E-state index is 15.0. The molecule has 3 fully saturated rings. The van der Waals surface area contributed by atoms with Crippen LogP contribution in [-0.2, 0) is 16.0 Å². The molecule has 4 rings (SSSR count). The van der Waals surface area contributed by atoms with E-state index in [9.17, 15) is 10.1 Å². The zero-order chi connectivity index (χ0) is 23.5. The molecule has 2 bridgehead atoms. The lowest BCUT2D eigenvalue weighted by Crippen LogP contribution is -2.57. The van der Waals surface area contributed by atoms with Crippen molar-refractivity contribution >= 4 is 11.6 Å². The second-order valence-electron chi connectivity index (χ2n) is 9.92. The molecule has 1 aromatic carbocycles. The van der Waals surface area contributed by atoms with Crippen molar-refractivity contribution < 1.29 is 13.9 Å². The molecule has 6 unspecified atom stereocenters. The number of halogens is 1. The Hall–Kier alpha value is -2.21. The number of fused-ring (bicyclic) bond motifs is 2. The lowest BCUT2D eigenvalue weighted by molar-refractivity contribution is -0.124. The predicted octanol–water partition coefficient (Wildman–Crippen LogP) is 2.06. The molecule has 7 nitrogen and oxygen atoms in total. The van der Waals surface area contributed by atoms with Gasteiger partial charge >= 0.3 is 0 Å². The predicted molar refractivity (Wildman–Crippen MR) is 125 cm³/mol. The molecule has 0 aromatic heterocycles. The third kappa shape index (κ3) is 5.32. The number of methoxy groups -OCH3 is 1. The summed E-state index contributed by atoms with van der Waals surface area (Å²) in [6.45, 7) is 7.61. The summed E-state index contributed by atoms with van der Waals surface area (Å²) >= 11 is 0. The minimum atomic E-state index is -0.747. The van der Waals surface area contributed by atoms with Gasteiger partial charge in [0.15, 0.2) is 0 Å². The van der Waals surface area contributed by atoms with E-state index in [1.54, 1.807) is 19.2 Å². The summed E-state index contributed by atoms with van der Waals surface area (Å²) < 4.78 is 20.2. The summed E-state index contributed by atoms with van der Waals surface area (Å²) in [6.07, 6.45) is 3.37. The minimum Gasteiger partial charge on any atom is -0.383 e. The van der Waals surface area contributed by atoms with Gasteiger partial charge in [-0.1, -0.05) is 6.07 Å². The zero-order valence-corrected chi connectivity index (χ0v) is 19.9. The van der Waals surface area contributed by atoms with E-state index in [0.29, 0.717) is 36.2 Å². The molecule has 1 aromatic rings. The highest BCUT2D eigenvalue weighted by molar-refractivity contribution is 5.83. The topological polar surface area (TPSA) is 80.6 Å². The van der Waals surface area contributed by atoms with Gasteiger partial charge in [-0.3, -0.25) is 9.69 Å². The van der Waals surface area contributed by atoms with E-state index < -0.39 is 6.04 Å². The van der Waals surface area contributed by atoms with Gasteiger partial charge in [0.25, 0.3) is 0 Å². The van der Waals surface area contributed by atoms with Gasteiger partial charge in [0.05, 0.1) is 18.7 Å². The van der Waals surface area contributed by atoms with Crippen molar-refractivity contribution in [3.63, 3.8) is 0 Å². The molecule has 2 aliphatic heterocycles. The minimum absolute atomic E-state index is 0.139. The van der Waals surface area contributed by atoms with Crippen LogP contribution in [0.2, 0.25) is 0 Å². The van der Waals surface area contributed by atoms with E-state index >= 15 is 4.39 Å². The Balaban J connectivity index is 1.36. The van der Waals surface area contributed by atoms with Gasteiger partial charge in [-0.15, -0.1) is 0 Å². The molecule has 180 valence electrons. The number of ether oxygens (including phenoxy) is 1. The molecule has 1 saturated carbocycles. The first-order valence-corrected chi connectivity index (χ1v) is 12.1. The van der Waals surface area contributed by atoms with Crippen LogP contribution in [-0.4, -0.2) is 74.4 Å². The molecule has 1 aliphatic carbocycles. The number of amides is 1. The lowest BCUT2D eigenvalue weighted by atomic mass is 9.98. The van der Waals surface area contributed by atoms with E-state index in [2.05, 4.69) is 40.4 Å². The quantitative estimate of drug-likeness (QED) is 0.622. The van der Waals surface area contributed by atoms with Gasteiger partial charge in [0.2, 0.25) is 5.91 Å². The van der Waals surface area contributed by atoms with Crippen LogP contribution in [0.1, 0.15) is 38.7 Å². The van der Waals surface area contributed by atoms with Crippen LogP contribution in [0.5, 0.6) is 0 Å². The highest BCUT2D eigenvalue weighted by Crippen LogP contribution is 2.35. The standard InChI is InChI=1S/C25H36FN5O2/c1-16-14-30(15-17(2)31(16)8-9-33-3)22-7-5-18(23(26)12-22)10-21(13-27)29-25(32)24-19-4-6-20(11-19)28-24/h5,7,12,16-17,19-21,24,28H,4,6,8-11,14-15H2,1-3H3,(H,29,32). The fourth-order valence-electron chi connectivity index (χ4n) is 5.86. The number of hydrogen-bond acceptors (Lipinski definition) is 6. The summed E-state index contributed by atoms with van der Waals surface area (Å²) in [7, 11) is 1.72. The number of carbonyl (C=O) groups is 1. The van der Waals surface area contributed by atoms with E-state index in [1.807, 2.05) is 6.07 Å². The second-order valence-corrected chi connectivity index (χ2v) is 9.92. The first-order valence-electron chi connectivity index (χ1n) is 12.1. The summed E-state index contributed by atoms with van der Waals surface area (Å²) in [6, 6.07) is 7.50. The number of nitriles is 1. The Morgan fingerprint density at radius 1 is 1.33 bits per heavy atom. The molecule has 2 heterocycles. The normalized spacial score (nSPS) is 30.3. The third-order valence-corrected chi connectivity index (χ3v) is 7.60. The van der Waals surface area contributed by atoms with E-state index in [0.717, 1.165) is 44.6 Å². The van der Waals surface area contributed by atoms with E-state index in [1.165, 1.54) is 0 Å². The molecule has 0 radical (unpaired) electrons. The van der Waals surface area contributed by atoms with Gasteiger partial charge in [0, 0.05) is 57.0 Å². The number of carbonyl (C=O) groups excluding carboxylic acids is 1. The number of rotatable bonds is 8. The largest absolute Gasteiger partial charge is 0.383 e. The van der Waals surface area contributed by atoms with Crippen LogP contribution in [0.15, 0.2) is 18.2 Å². The smallest absolute Gasteiger partial charge is 0.238 e. The molecule has 2 saturated heterocycles. The molecule has 6 atom stereocenters. The van der Waals surface area contributed by atoms with Crippen molar-refractivity contribution in [1.29, 1.82) is 5.26 Å². The van der Waals surface area contributed by atoms with Crippen molar-refractivity contribution in [2.75, 3.05) is 38.3 Å². The van der Waals surface area contributed by atoms with Crippen LogP contribution in [0.4, 0.5) is 10.1 Å². The molecule has 8 heteroatoms. The zero-order valence-electron chi connectivity index (χ0n) is 19.9. The summed E-state index contributed by atoms with van der Waals surface area (Å²) in [5.41, 5.74) is 1.30. The van der Waals surface area contributed by atoms with Crippen molar-refractivity contribution in [2.24, 2.45) is 5.92 Å². The van der Waals surface area contributed by atoms with Crippen LogP contribution in [0.3, 0.4) is 0 Å². The Morgan fingerprint density at radius 3 is 2.67 bits per heavy atom. The summed E-state index contributed by atoms with van der Waals surface area (Å²) in [4.78, 5) is 17.3. The first-order chi connectivity index (χ1) is 15.9. The maximum absolute atomic E-state index is 15.0.